The maximum atomic E-state index is 11.9. The SMILES string of the molecule is O=C(c1cc[c]cc1)c1ccc([N+](=O)[O-])cc1. The minimum Gasteiger partial charge on any atom is -0.289 e. The molecule has 0 saturated carbocycles. The summed E-state index contributed by atoms with van der Waals surface area (Å²) in [6, 6.07) is 15.0. The first kappa shape index (κ1) is 11.0. The summed E-state index contributed by atoms with van der Waals surface area (Å²) in [4.78, 5) is 21.9. The van der Waals surface area contributed by atoms with Gasteiger partial charge in [-0.2, -0.15) is 0 Å². The van der Waals surface area contributed by atoms with Crippen LogP contribution in [0.1, 0.15) is 15.9 Å². The van der Waals surface area contributed by atoms with Crippen LogP contribution < -0.4 is 0 Å². The fourth-order valence-corrected chi connectivity index (χ4v) is 1.44. The van der Waals surface area contributed by atoms with Gasteiger partial charge in [-0.3, -0.25) is 14.9 Å². The molecule has 0 bridgehead atoms. The number of rotatable bonds is 3. The summed E-state index contributed by atoms with van der Waals surface area (Å²) < 4.78 is 0. The molecule has 0 N–H and O–H groups in total. The Kier molecular flexibility index (Phi) is 2.96. The Hall–Kier alpha value is -2.49. The highest BCUT2D eigenvalue weighted by Gasteiger charge is 2.10. The lowest BCUT2D eigenvalue weighted by molar-refractivity contribution is -0.384. The minimum atomic E-state index is -0.494. The Balaban J connectivity index is 2.30. The van der Waals surface area contributed by atoms with E-state index in [9.17, 15) is 14.9 Å². The van der Waals surface area contributed by atoms with Gasteiger partial charge in [0.15, 0.2) is 5.78 Å². The van der Waals surface area contributed by atoms with E-state index in [1.54, 1.807) is 24.3 Å². The van der Waals surface area contributed by atoms with Crippen molar-refractivity contribution in [3.8, 4) is 0 Å². The number of nitro benzene ring substituents is 1. The second kappa shape index (κ2) is 4.57. The normalized spacial score (nSPS) is 9.88. The lowest BCUT2D eigenvalue weighted by Gasteiger charge is -2.00. The van der Waals surface area contributed by atoms with Gasteiger partial charge < -0.3 is 0 Å². The van der Waals surface area contributed by atoms with Crippen molar-refractivity contribution in [3.05, 3.63) is 75.8 Å². The van der Waals surface area contributed by atoms with Crippen molar-refractivity contribution < 1.29 is 9.72 Å². The molecule has 0 heterocycles. The summed E-state index contributed by atoms with van der Waals surface area (Å²) in [6.07, 6.45) is 0. The van der Waals surface area contributed by atoms with Crippen molar-refractivity contribution in [2.24, 2.45) is 0 Å². The zero-order valence-corrected chi connectivity index (χ0v) is 8.79. The molecule has 4 nitrogen and oxygen atoms in total. The van der Waals surface area contributed by atoms with E-state index in [1.807, 2.05) is 0 Å². The third-order valence-electron chi connectivity index (χ3n) is 2.32. The van der Waals surface area contributed by atoms with Crippen molar-refractivity contribution in [1.29, 1.82) is 0 Å². The molecule has 0 amide bonds. The Morgan fingerprint density at radius 3 is 2.06 bits per heavy atom. The van der Waals surface area contributed by atoms with Crippen LogP contribution in [0.25, 0.3) is 0 Å². The Labute approximate surface area is 97.7 Å². The lowest BCUT2D eigenvalue weighted by Crippen LogP contribution is -2.00. The summed E-state index contributed by atoms with van der Waals surface area (Å²) in [6.45, 7) is 0. The molecule has 2 aromatic carbocycles. The van der Waals surface area contributed by atoms with Crippen molar-refractivity contribution >= 4 is 11.5 Å². The van der Waals surface area contributed by atoms with Gasteiger partial charge in [-0.05, 0) is 18.2 Å². The molecule has 0 aliphatic carbocycles. The van der Waals surface area contributed by atoms with Gasteiger partial charge in [0.05, 0.1) is 4.92 Å². The van der Waals surface area contributed by atoms with Crippen molar-refractivity contribution in [1.82, 2.24) is 0 Å². The first-order valence-corrected chi connectivity index (χ1v) is 4.94. The second-order valence-corrected chi connectivity index (χ2v) is 3.42. The van der Waals surface area contributed by atoms with Crippen LogP contribution in [-0.4, -0.2) is 10.7 Å². The highest BCUT2D eigenvalue weighted by molar-refractivity contribution is 6.09. The molecule has 17 heavy (non-hydrogen) atoms. The molecule has 4 heteroatoms. The van der Waals surface area contributed by atoms with Gasteiger partial charge in [-0.25, -0.2) is 0 Å². The molecule has 0 spiro atoms. The van der Waals surface area contributed by atoms with Gasteiger partial charge in [-0.15, -0.1) is 0 Å². The van der Waals surface area contributed by atoms with Crippen molar-refractivity contribution in [2.75, 3.05) is 0 Å². The van der Waals surface area contributed by atoms with Crippen LogP contribution in [0.3, 0.4) is 0 Å². The molecular weight excluding hydrogens is 218 g/mol. The predicted molar refractivity (Wildman–Crippen MR) is 61.8 cm³/mol. The number of nitrogens with zero attached hydrogens (tertiary/aromatic N) is 1. The summed E-state index contributed by atoms with van der Waals surface area (Å²) in [5.74, 6) is -0.158. The van der Waals surface area contributed by atoms with Crippen LogP contribution in [-0.2, 0) is 0 Å². The number of non-ortho nitro benzene ring substituents is 1. The van der Waals surface area contributed by atoms with Crippen LogP contribution in [0, 0.1) is 16.2 Å². The molecule has 2 aromatic rings. The maximum Gasteiger partial charge on any atom is 0.269 e. The highest BCUT2D eigenvalue weighted by Crippen LogP contribution is 2.15. The van der Waals surface area contributed by atoms with E-state index >= 15 is 0 Å². The van der Waals surface area contributed by atoms with Crippen LogP contribution in [0.2, 0.25) is 0 Å². The third-order valence-corrected chi connectivity index (χ3v) is 2.32. The Bertz CT molecular complexity index is 547. The zero-order valence-electron chi connectivity index (χ0n) is 8.79. The molecular formula is C13H8NO3. The van der Waals surface area contributed by atoms with E-state index < -0.39 is 4.92 Å². The van der Waals surface area contributed by atoms with Gasteiger partial charge in [0.25, 0.3) is 5.69 Å². The van der Waals surface area contributed by atoms with Crippen molar-refractivity contribution in [3.63, 3.8) is 0 Å². The number of hydrogen-bond acceptors (Lipinski definition) is 3. The van der Waals surface area contributed by atoms with E-state index in [0.717, 1.165) is 0 Å². The highest BCUT2D eigenvalue weighted by atomic mass is 16.6. The quantitative estimate of drug-likeness (QED) is 0.459. The van der Waals surface area contributed by atoms with Crippen LogP contribution in [0.5, 0.6) is 0 Å². The standard InChI is InChI=1S/C13H8NO3/c15-13(10-4-2-1-3-5-10)11-6-8-12(9-7-11)14(16)17/h2-9H. The first-order chi connectivity index (χ1) is 8.18. The summed E-state index contributed by atoms with van der Waals surface area (Å²) >= 11 is 0. The van der Waals surface area contributed by atoms with Gasteiger partial charge >= 0.3 is 0 Å². The van der Waals surface area contributed by atoms with E-state index in [-0.39, 0.29) is 11.5 Å². The smallest absolute Gasteiger partial charge is 0.269 e. The molecule has 1 radical (unpaired) electrons. The molecule has 0 aromatic heterocycles. The number of ketones is 1. The van der Waals surface area contributed by atoms with Gasteiger partial charge in [-0.1, -0.05) is 24.3 Å². The van der Waals surface area contributed by atoms with Gasteiger partial charge in [0.2, 0.25) is 0 Å². The molecule has 0 unspecified atom stereocenters. The zero-order chi connectivity index (χ0) is 12.3. The number of carbonyl (C=O) groups excluding carboxylic acids is 1. The summed E-state index contributed by atoms with van der Waals surface area (Å²) in [5, 5.41) is 10.5. The fourth-order valence-electron chi connectivity index (χ4n) is 1.44. The van der Waals surface area contributed by atoms with Crippen LogP contribution in [0.15, 0.2) is 48.5 Å². The van der Waals surface area contributed by atoms with E-state index in [1.165, 1.54) is 24.3 Å². The first-order valence-electron chi connectivity index (χ1n) is 4.94. The van der Waals surface area contributed by atoms with E-state index in [4.69, 9.17) is 0 Å². The van der Waals surface area contributed by atoms with Crippen LogP contribution >= 0.6 is 0 Å². The van der Waals surface area contributed by atoms with Crippen molar-refractivity contribution in [2.45, 2.75) is 0 Å². The molecule has 0 atom stereocenters. The Morgan fingerprint density at radius 1 is 1.00 bits per heavy atom. The third kappa shape index (κ3) is 2.36. The summed E-state index contributed by atoms with van der Waals surface area (Å²) in [7, 11) is 0. The Morgan fingerprint density at radius 2 is 1.53 bits per heavy atom. The second-order valence-electron chi connectivity index (χ2n) is 3.42. The lowest BCUT2D eigenvalue weighted by atomic mass is 10.0. The molecule has 0 fully saturated rings. The average molecular weight is 226 g/mol. The molecule has 2 rings (SSSR count). The van der Waals surface area contributed by atoms with E-state index in [0.29, 0.717) is 11.1 Å². The molecule has 0 aliphatic heterocycles. The maximum absolute atomic E-state index is 11.9. The van der Waals surface area contributed by atoms with Gasteiger partial charge in [0.1, 0.15) is 0 Å². The molecule has 83 valence electrons. The van der Waals surface area contributed by atoms with Gasteiger partial charge in [0, 0.05) is 23.3 Å². The fraction of sp³-hybridized carbons (Fsp3) is 0. The summed E-state index contributed by atoms with van der Waals surface area (Å²) in [5.41, 5.74) is 0.947. The topological polar surface area (TPSA) is 60.2 Å². The molecule has 0 saturated heterocycles. The predicted octanol–water partition coefficient (Wildman–Crippen LogP) is 2.63. The number of carbonyl (C=O) groups is 1. The molecule has 0 aliphatic rings. The number of hydrogen-bond donors (Lipinski definition) is 0. The minimum absolute atomic E-state index is 0.0251. The van der Waals surface area contributed by atoms with Crippen LogP contribution in [0.4, 0.5) is 5.69 Å². The average Bonchev–Trinajstić information content (AvgIpc) is 2.39. The number of benzene rings is 2. The number of nitro groups is 1. The monoisotopic (exact) mass is 226 g/mol. The largest absolute Gasteiger partial charge is 0.289 e. The van der Waals surface area contributed by atoms with E-state index in [2.05, 4.69) is 6.07 Å².